The largest absolute Gasteiger partial charge is 0.469 e. The van der Waals surface area contributed by atoms with E-state index >= 15 is 0 Å². The molecule has 2 heterocycles. The van der Waals surface area contributed by atoms with Crippen molar-refractivity contribution >= 4 is 27.5 Å². The zero-order valence-electron chi connectivity index (χ0n) is 8.86. The maximum atomic E-state index is 11.6. The van der Waals surface area contributed by atoms with Crippen LogP contribution in [-0.4, -0.2) is 23.0 Å². The third-order valence-electron chi connectivity index (χ3n) is 2.36. The van der Waals surface area contributed by atoms with Gasteiger partial charge in [0.1, 0.15) is 4.83 Å². The van der Waals surface area contributed by atoms with E-state index in [9.17, 15) is 9.59 Å². The fraction of sp³-hybridized carbons (Fsp3) is 0.300. The standard InChI is InChI=1S/C10H10N2O3S/c1-5-6(3-7(13)15-2)16-10-8(5)9(14)11-4-12-10/h4H,3H2,1-2H3,(H,11,12,14). The highest BCUT2D eigenvalue weighted by atomic mass is 32.1. The molecular weight excluding hydrogens is 228 g/mol. The number of aromatic amines is 1. The molecule has 0 aliphatic rings. The van der Waals surface area contributed by atoms with Gasteiger partial charge in [0, 0.05) is 4.88 Å². The van der Waals surface area contributed by atoms with Crippen molar-refractivity contribution < 1.29 is 9.53 Å². The van der Waals surface area contributed by atoms with Gasteiger partial charge in [-0.25, -0.2) is 4.98 Å². The Labute approximate surface area is 95.1 Å². The van der Waals surface area contributed by atoms with Crippen LogP contribution in [-0.2, 0) is 16.0 Å². The summed E-state index contributed by atoms with van der Waals surface area (Å²) in [5.41, 5.74) is 0.634. The lowest BCUT2D eigenvalue weighted by molar-refractivity contribution is -0.139. The van der Waals surface area contributed by atoms with Crippen LogP contribution < -0.4 is 5.56 Å². The Kier molecular flexibility index (Phi) is 2.74. The van der Waals surface area contributed by atoms with Crippen molar-refractivity contribution in [1.82, 2.24) is 9.97 Å². The number of H-pyrrole nitrogens is 1. The molecule has 0 saturated heterocycles. The van der Waals surface area contributed by atoms with E-state index in [-0.39, 0.29) is 17.9 Å². The molecule has 2 rings (SSSR count). The molecule has 16 heavy (non-hydrogen) atoms. The van der Waals surface area contributed by atoms with Crippen LogP contribution in [0.25, 0.3) is 10.2 Å². The molecule has 0 fully saturated rings. The van der Waals surface area contributed by atoms with Crippen LogP contribution in [0.4, 0.5) is 0 Å². The summed E-state index contributed by atoms with van der Waals surface area (Å²) in [6.07, 6.45) is 1.55. The van der Waals surface area contributed by atoms with E-state index < -0.39 is 0 Å². The molecule has 2 aromatic heterocycles. The van der Waals surface area contributed by atoms with Gasteiger partial charge >= 0.3 is 5.97 Å². The van der Waals surface area contributed by atoms with Crippen LogP contribution in [0.3, 0.4) is 0 Å². The zero-order chi connectivity index (χ0) is 11.7. The number of thiophene rings is 1. The van der Waals surface area contributed by atoms with E-state index in [4.69, 9.17) is 0 Å². The number of aryl methyl sites for hydroxylation is 1. The van der Waals surface area contributed by atoms with Crippen molar-refractivity contribution in [2.75, 3.05) is 7.11 Å². The van der Waals surface area contributed by atoms with Crippen molar-refractivity contribution in [2.45, 2.75) is 13.3 Å². The summed E-state index contributed by atoms with van der Waals surface area (Å²) >= 11 is 1.35. The minimum Gasteiger partial charge on any atom is -0.469 e. The van der Waals surface area contributed by atoms with Crippen LogP contribution in [0.2, 0.25) is 0 Å². The first-order chi connectivity index (χ1) is 7.63. The third kappa shape index (κ3) is 1.71. The maximum absolute atomic E-state index is 11.6. The lowest BCUT2D eigenvalue weighted by atomic mass is 10.2. The summed E-state index contributed by atoms with van der Waals surface area (Å²) in [5, 5.41) is 0.561. The molecule has 0 aliphatic carbocycles. The molecule has 0 unspecified atom stereocenters. The predicted octanol–water partition coefficient (Wildman–Crippen LogP) is 1.01. The van der Waals surface area contributed by atoms with Gasteiger partial charge in [0.15, 0.2) is 0 Å². The molecule has 84 valence electrons. The molecule has 2 aromatic rings. The number of ether oxygens (including phenoxy) is 1. The second-order valence-corrected chi connectivity index (χ2v) is 4.40. The highest BCUT2D eigenvalue weighted by Gasteiger charge is 2.14. The Hall–Kier alpha value is -1.69. The number of esters is 1. The molecule has 5 nitrogen and oxygen atoms in total. The lowest BCUT2D eigenvalue weighted by Crippen LogP contribution is -2.07. The number of nitrogens with zero attached hydrogens (tertiary/aromatic N) is 1. The summed E-state index contributed by atoms with van der Waals surface area (Å²) in [4.78, 5) is 30.8. The SMILES string of the molecule is COC(=O)Cc1sc2nc[nH]c(=O)c2c1C. The molecule has 6 heteroatoms. The molecule has 0 atom stereocenters. The van der Waals surface area contributed by atoms with Gasteiger partial charge in [-0.2, -0.15) is 0 Å². The number of rotatable bonds is 2. The highest BCUT2D eigenvalue weighted by Crippen LogP contribution is 2.26. The average molecular weight is 238 g/mol. The summed E-state index contributed by atoms with van der Waals surface area (Å²) < 4.78 is 4.60. The Balaban J connectivity index is 2.57. The van der Waals surface area contributed by atoms with Crippen LogP contribution in [0, 0.1) is 6.92 Å². The number of aromatic nitrogens is 2. The quantitative estimate of drug-likeness (QED) is 0.792. The number of hydrogen-bond donors (Lipinski definition) is 1. The maximum Gasteiger partial charge on any atom is 0.310 e. The average Bonchev–Trinajstić information content (AvgIpc) is 2.57. The fourth-order valence-electron chi connectivity index (χ4n) is 1.50. The molecule has 0 saturated carbocycles. The second-order valence-electron chi connectivity index (χ2n) is 3.31. The minimum absolute atomic E-state index is 0.171. The monoisotopic (exact) mass is 238 g/mol. The van der Waals surface area contributed by atoms with Gasteiger partial charge in [0.05, 0.1) is 25.2 Å². The number of nitrogens with one attached hydrogen (secondary N) is 1. The molecule has 1 N–H and O–H groups in total. The molecular formula is C10H10N2O3S. The van der Waals surface area contributed by atoms with E-state index in [2.05, 4.69) is 14.7 Å². The van der Waals surface area contributed by atoms with E-state index in [0.717, 1.165) is 10.4 Å². The van der Waals surface area contributed by atoms with Gasteiger partial charge in [-0.3, -0.25) is 9.59 Å². The molecule has 0 aromatic carbocycles. The fourth-order valence-corrected chi connectivity index (χ4v) is 2.63. The number of carbonyl (C=O) groups excluding carboxylic acids is 1. The summed E-state index contributed by atoms with van der Waals surface area (Å²) in [5.74, 6) is -0.314. The number of carbonyl (C=O) groups is 1. The topological polar surface area (TPSA) is 72.0 Å². The zero-order valence-corrected chi connectivity index (χ0v) is 9.68. The van der Waals surface area contributed by atoms with Crippen molar-refractivity contribution in [1.29, 1.82) is 0 Å². The molecule has 0 spiro atoms. The highest BCUT2D eigenvalue weighted by molar-refractivity contribution is 7.18. The summed E-state index contributed by atoms with van der Waals surface area (Å²) in [7, 11) is 1.34. The lowest BCUT2D eigenvalue weighted by Gasteiger charge is -1.97. The van der Waals surface area contributed by atoms with Crippen LogP contribution in [0.5, 0.6) is 0 Å². The first-order valence-electron chi connectivity index (χ1n) is 4.66. The van der Waals surface area contributed by atoms with E-state index in [0.29, 0.717) is 10.2 Å². The number of methoxy groups -OCH3 is 1. The van der Waals surface area contributed by atoms with Crippen LogP contribution in [0.1, 0.15) is 10.4 Å². The normalized spacial score (nSPS) is 10.6. The molecule has 0 bridgehead atoms. The smallest absolute Gasteiger partial charge is 0.310 e. The van der Waals surface area contributed by atoms with Gasteiger partial charge in [-0.1, -0.05) is 0 Å². The van der Waals surface area contributed by atoms with Crippen LogP contribution >= 0.6 is 11.3 Å². The van der Waals surface area contributed by atoms with Gasteiger partial charge in [0.2, 0.25) is 0 Å². The predicted molar refractivity (Wildman–Crippen MR) is 60.7 cm³/mol. The van der Waals surface area contributed by atoms with E-state index in [1.54, 1.807) is 0 Å². The summed E-state index contributed by atoms with van der Waals surface area (Å²) in [6.45, 7) is 1.81. The van der Waals surface area contributed by atoms with Crippen molar-refractivity contribution in [3.05, 3.63) is 27.1 Å². The van der Waals surface area contributed by atoms with E-state index in [1.807, 2.05) is 6.92 Å². The first-order valence-corrected chi connectivity index (χ1v) is 5.47. The van der Waals surface area contributed by atoms with Gasteiger partial charge < -0.3 is 9.72 Å². The minimum atomic E-state index is -0.314. The van der Waals surface area contributed by atoms with Crippen molar-refractivity contribution in [3.8, 4) is 0 Å². The van der Waals surface area contributed by atoms with Gasteiger partial charge in [0.25, 0.3) is 5.56 Å². The van der Waals surface area contributed by atoms with Crippen LogP contribution in [0.15, 0.2) is 11.1 Å². The number of fused-ring (bicyclic) bond motifs is 1. The Morgan fingerprint density at radius 1 is 1.62 bits per heavy atom. The Morgan fingerprint density at radius 3 is 3.00 bits per heavy atom. The Bertz CT molecular complexity index is 600. The van der Waals surface area contributed by atoms with Crippen molar-refractivity contribution in [3.63, 3.8) is 0 Å². The third-order valence-corrected chi connectivity index (χ3v) is 3.56. The molecule has 0 amide bonds. The number of hydrogen-bond acceptors (Lipinski definition) is 5. The van der Waals surface area contributed by atoms with Gasteiger partial charge in [-0.15, -0.1) is 11.3 Å². The second kappa shape index (κ2) is 4.05. The summed E-state index contributed by atoms with van der Waals surface area (Å²) in [6, 6.07) is 0. The Morgan fingerprint density at radius 2 is 2.38 bits per heavy atom. The van der Waals surface area contributed by atoms with E-state index in [1.165, 1.54) is 24.8 Å². The molecule has 0 aliphatic heterocycles. The molecule has 0 radical (unpaired) electrons. The van der Waals surface area contributed by atoms with Gasteiger partial charge in [-0.05, 0) is 12.5 Å². The first kappa shape index (κ1) is 10.8. The van der Waals surface area contributed by atoms with Crippen molar-refractivity contribution in [2.24, 2.45) is 0 Å².